The molecule has 0 radical (unpaired) electrons. The maximum atomic E-state index is 4.12. The fourth-order valence-electron chi connectivity index (χ4n) is 1.39. The van der Waals surface area contributed by atoms with Gasteiger partial charge in [-0.2, -0.15) is 0 Å². The van der Waals surface area contributed by atoms with E-state index in [0.717, 1.165) is 17.8 Å². The minimum atomic E-state index is 0.429. The van der Waals surface area contributed by atoms with Crippen molar-refractivity contribution in [2.75, 3.05) is 0 Å². The molecule has 0 spiro atoms. The van der Waals surface area contributed by atoms with Crippen molar-refractivity contribution in [3.8, 4) is 5.69 Å². The standard InChI is InChI=1S/C11H12BrN3/c1-9(12)7-10-8-15(14-13-10)11-5-3-2-4-6-11/h2-6,8-9H,7H2,1H3. The lowest BCUT2D eigenvalue weighted by Crippen LogP contribution is -1.96. The number of alkyl halides is 1. The average molecular weight is 266 g/mol. The van der Waals surface area contributed by atoms with E-state index in [9.17, 15) is 0 Å². The van der Waals surface area contributed by atoms with Gasteiger partial charge >= 0.3 is 0 Å². The summed E-state index contributed by atoms with van der Waals surface area (Å²) >= 11 is 3.50. The lowest BCUT2D eigenvalue weighted by atomic mass is 10.3. The van der Waals surface area contributed by atoms with Crippen LogP contribution in [0.1, 0.15) is 12.6 Å². The van der Waals surface area contributed by atoms with Gasteiger partial charge in [0, 0.05) is 11.2 Å². The van der Waals surface area contributed by atoms with Gasteiger partial charge in [-0.3, -0.25) is 0 Å². The maximum Gasteiger partial charge on any atom is 0.0842 e. The first kappa shape index (κ1) is 10.4. The molecule has 0 aliphatic rings. The average Bonchev–Trinajstić information content (AvgIpc) is 2.67. The van der Waals surface area contributed by atoms with Crippen molar-refractivity contribution >= 4 is 15.9 Å². The van der Waals surface area contributed by atoms with Crippen LogP contribution in [0.25, 0.3) is 5.69 Å². The molecule has 0 fully saturated rings. The van der Waals surface area contributed by atoms with Gasteiger partial charge in [-0.25, -0.2) is 4.68 Å². The Balaban J connectivity index is 2.21. The lowest BCUT2D eigenvalue weighted by molar-refractivity contribution is 0.794. The van der Waals surface area contributed by atoms with E-state index in [1.54, 1.807) is 4.68 Å². The van der Waals surface area contributed by atoms with Crippen LogP contribution in [0, 0.1) is 0 Å². The summed E-state index contributed by atoms with van der Waals surface area (Å²) in [5.41, 5.74) is 2.04. The molecular formula is C11H12BrN3. The van der Waals surface area contributed by atoms with Crippen LogP contribution < -0.4 is 0 Å². The number of benzene rings is 1. The van der Waals surface area contributed by atoms with Crippen molar-refractivity contribution in [2.24, 2.45) is 0 Å². The van der Waals surface area contributed by atoms with Crippen molar-refractivity contribution in [2.45, 2.75) is 18.2 Å². The van der Waals surface area contributed by atoms with Crippen LogP contribution >= 0.6 is 15.9 Å². The quantitative estimate of drug-likeness (QED) is 0.799. The molecule has 1 aromatic heterocycles. The Morgan fingerprint density at radius 3 is 2.73 bits per heavy atom. The number of hydrogen-bond donors (Lipinski definition) is 0. The molecule has 2 rings (SSSR count). The minimum absolute atomic E-state index is 0.429. The first-order valence-electron chi connectivity index (χ1n) is 4.86. The van der Waals surface area contributed by atoms with Crippen molar-refractivity contribution in [3.63, 3.8) is 0 Å². The fraction of sp³-hybridized carbons (Fsp3) is 0.273. The zero-order valence-electron chi connectivity index (χ0n) is 8.47. The van der Waals surface area contributed by atoms with E-state index in [1.807, 2.05) is 36.5 Å². The first-order chi connectivity index (χ1) is 7.25. The summed E-state index contributed by atoms with van der Waals surface area (Å²) < 4.78 is 1.80. The summed E-state index contributed by atoms with van der Waals surface area (Å²) in [6.07, 6.45) is 2.86. The van der Waals surface area contributed by atoms with Gasteiger partial charge in [-0.1, -0.05) is 46.3 Å². The first-order valence-corrected chi connectivity index (χ1v) is 5.78. The summed E-state index contributed by atoms with van der Waals surface area (Å²) in [5, 5.41) is 8.20. The second kappa shape index (κ2) is 4.57. The van der Waals surface area contributed by atoms with Crippen molar-refractivity contribution in [1.82, 2.24) is 15.0 Å². The molecule has 3 nitrogen and oxygen atoms in total. The van der Waals surface area contributed by atoms with Crippen molar-refractivity contribution < 1.29 is 0 Å². The van der Waals surface area contributed by atoms with Gasteiger partial charge in [-0.15, -0.1) is 5.10 Å². The molecule has 0 bridgehead atoms. The van der Waals surface area contributed by atoms with Crippen LogP contribution in [0.15, 0.2) is 36.5 Å². The number of rotatable bonds is 3. The molecule has 1 aromatic carbocycles. The predicted octanol–water partition coefficient (Wildman–Crippen LogP) is 2.59. The van der Waals surface area contributed by atoms with E-state index in [0.29, 0.717) is 4.83 Å². The molecule has 4 heteroatoms. The Bertz CT molecular complexity index is 422. The Kier molecular flexibility index (Phi) is 3.16. The normalized spacial score (nSPS) is 12.7. The van der Waals surface area contributed by atoms with Crippen LogP contribution in [-0.4, -0.2) is 19.8 Å². The number of hydrogen-bond acceptors (Lipinski definition) is 2. The van der Waals surface area contributed by atoms with Gasteiger partial charge in [-0.05, 0) is 12.1 Å². The fourth-order valence-corrected chi connectivity index (χ4v) is 1.72. The Morgan fingerprint density at radius 1 is 1.33 bits per heavy atom. The molecule has 0 saturated heterocycles. The van der Waals surface area contributed by atoms with E-state index >= 15 is 0 Å². The summed E-state index contributed by atoms with van der Waals surface area (Å²) in [7, 11) is 0. The maximum absolute atomic E-state index is 4.12. The van der Waals surface area contributed by atoms with Crippen LogP contribution in [-0.2, 0) is 6.42 Å². The molecule has 1 heterocycles. The van der Waals surface area contributed by atoms with Gasteiger partial charge < -0.3 is 0 Å². The third-order valence-electron chi connectivity index (χ3n) is 2.05. The SMILES string of the molecule is CC(Br)Cc1cn(-c2ccccc2)nn1. The van der Waals surface area contributed by atoms with Crippen LogP contribution in [0.2, 0.25) is 0 Å². The van der Waals surface area contributed by atoms with Gasteiger partial charge in [0.25, 0.3) is 0 Å². The number of para-hydroxylation sites is 1. The number of nitrogens with zero attached hydrogens (tertiary/aromatic N) is 3. The van der Waals surface area contributed by atoms with E-state index in [-0.39, 0.29) is 0 Å². The summed E-state index contributed by atoms with van der Waals surface area (Å²) in [6.45, 7) is 2.10. The van der Waals surface area contributed by atoms with Gasteiger partial charge in [0.2, 0.25) is 0 Å². The molecule has 0 aliphatic carbocycles. The van der Waals surface area contributed by atoms with Gasteiger partial charge in [0.15, 0.2) is 0 Å². The van der Waals surface area contributed by atoms with E-state index in [2.05, 4.69) is 33.2 Å². The summed E-state index contributed by atoms with van der Waals surface area (Å²) in [6, 6.07) is 9.99. The monoisotopic (exact) mass is 265 g/mol. The molecule has 0 aliphatic heterocycles. The van der Waals surface area contributed by atoms with Crippen molar-refractivity contribution in [1.29, 1.82) is 0 Å². The molecular weight excluding hydrogens is 254 g/mol. The Morgan fingerprint density at radius 2 is 2.07 bits per heavy atom. The number of halogens is 1. The minimum Gasteiger partial charge on any atom is -0.220 e. The Labute approximate surface area is 97.2 Å². The third kappa shape index (κ3) is 2.65. The van der Waals surface area contributed by atoms with Crippen LogP contribution in [0.5, 0.6) is 0 Å². The third-order valence-corrected chi connectivity index (χ3v) is 2.38. The number of aromatic nitrogens is 3. The highest BCUT2D eigenvalue weighted by Crippen LogP contribution is 2.09. The van der Waals surface area contributed by atoms with E-state index in [1.165, 1.54) is 0 Å². The topological polar surface area (TPSA) is 30.7 Å². The largest absolute Gasteiger partial charge is 0.220 e. The highest BCUT2D eigenvalue weighted by Gasteiger charge is 2.04. The van der Waals surface area contributed by atoms with Crippen LogP contribution in [0.4, 0.5) is 0 Å². The van der Waals surface area contributed by atoms with Gasteiger partial charge in [0.1, 0.15) is 0 Å². The molecule has 0 saturated carbocycles. The molecule has 2 aromatic rings. The predicted molar refractivity (Wildman–Crippen MR) is 63.5 cm³/mol. The molecule has 15 heavy (non-hydrogen) atoms. The summed E-state index contributed by atoms with van der Waals surface area (Å²) in [5.74, 6) is 0. The van der Waals surface area contributed by atoms with E-state index in [4.69, 9.17) is 0 Å². The molecule has 1 atom stereocenters. The summed E-state index contributed by atoms with van der Waals surface area (Å²) in [4.78, 5) is 0.429. The van der Waals surface area contributed by atoms with Crippen molar-refractivity contribution in [3.05, 3.63) is 42.2 Å². The lowest BCUT2D eigenvalue weighted by Gasteiger charge is -1.98. The molecule has 0 N–H and O–H groups in total. The molecule has 1 unspecified atom stereocenters. The zero-order chi connectivity index (χ0) is 10.7. The highest BCUT2D eigenvalue weighted by atomic mass is 79.9. The van der Waals surface area contributed by atoms with Gasteiger partial charge in [0.05, 0.1) is 17.6 Å². The zero-order valence-corrected chi connectivity index (χ0v) is 10.1. The highest BCUT2D eigenvalue weighted by molar-refractivity contribution is 9.09. The van der Waals surface area contributed by atoms with E-state index < -0.39 is 0 Å². The molecule has 78 valence electrons. The Hall–Kier alpha value is -1.16. The second-order valence-electron chi connectivity index (χ2n) is 3.47. The molecule has 0 amide bonds. The smallest absolute Gasteiger partial charge is 0.0842 e. The second-order valence-corrected chi connectivity index (χ2v) is 5.04. The van der Waals surface area contributed by atoms with Crippen LogP contribution in [0.3, 0.4) is 0 Å².